The van der Waals surface area contributed by atoms with Crippen LogP contribution in [0.1, 0.15) is 0 Å². The summed E-state index contributed by atoms with van der Waals surface area (Å²) >= 11 is 0. The van der Waals surface area contributed by atoms with Crippen LogP contribution >= 0.6 is 0 Å². The summed E-state index contributed by atoms with van der Waals surface area (Å²) in [5.41, 5.74) is 3.61. The largest absolute Gasteiger partial charge is 0.497 e. The first-order valence-corrected chi connectivity index (χ1v) is 6.63. The number of benzene rings is 2. The van der Waals surface area contributed by atoms with Crippen molar-refractivity contribution in [2.45, 2.75) is 0 Å². The van der Waals surface area contributed by atoms with Gasteiger partial charge in [0.05, 0.1) is 12.8 Å². The van der Waals surface area contributed by atoms with E-state index in [0.29, 0.717) is 0 Å². The van der Waals surface area contributed by atoms with Crippen LogP contribution in [-0.4, -0.2) is 12.1 Å². The summed E-state index contributed by atoms with van der Waals surface area (Å²) in [6.07, 6.45) is 1.76. The van der Waals surface area contributed by atoms with Gasteiger partial charge in [-0.05, 0) is 48.0 Å². The minimum Gasteiger partial charge on any atom is -0.497 e. The molecule has 0 aliphatic carbocycles. The van der Waals surface area contributed by atoms with E-state index in [2.05, 4.69) is 4.98 Å². The van der Waals surface area contributed by atoms with Gasteiger partial charge in [0, 0.05) is 17.3 Å². The van der Waals surface area contributed by atoms with Gasteiger partial charge in [-0.3, -0.25) is 4.98 Å². The highest BCUT2D eigenvalue weighted by Gasteiger charge is 2.03. The fourth-order valence-corrected chi connectivity index (χ4v) is 2.17. The molecule has 0 aliphatic rings. The minimum atomic E-state index is -0.244. The summed E-state index contributed by atoms with van der Waals surface area (Å²) < 4.78 is 18.4. The maximum Gasteiger partial charge on any atom is 0.123 e. The van der Waals surface area contributed by atoms with E-state index in [0.717, 1.165) is 28.1 Å². The summed E-state index contributed by atoms with van der Waals surface area (Å²) in [6, 6.07) is 18.1. The maximum atomic E-state index is 13.2. The highest BCUT2D eigenvalue weighted by molar-refractivity contribution is 5.67. The summed E-state index contributed by atoms with van der Waals surface area (Å²) in [7, 11) is 1.64. The van der Waals surface area contributed by atoms with E-state index in [9.17, 15) is 4.39 Å². The number of hydrogen-bond donors (Lipinski definition) is 0. The van der Waals surface area contributed by atoms with Crippen molar-refractivity contribution in [2.24, 2.45) is 0 Å². The predicted molar refractivity (Wildman–Crippen MR) is 81.6 cm³/mol. The van der Waals surface area contributed by atoms with E-state index < -0.39 is 0 Å². The lowest BCUT2D eigenvalue weighted by atomic mass is 10.1. The highest BCUT2D eigenvalue weighted by atomic mass is 19.1. The van der Waals surface area contributed by atoms with Gasteiger partial charge < -0.3 is 4.74 Å². The second kappa shape index (κ2) is 5.75. The lowest BCUT2D eigenvalue weighted by Crippen LogP contribution is -1.87. The van der Waals surface area contributed by atoms with E-state index in [1.54, 1.807) is 19.4 Å². The number of halogens is 1. The molecule has 104 valence electrons. The Morgan fingerprint density at radius 2 is 1.62 bits per heavy atom. The quantitative estimate of drug-likeness (QED) is 0.701. The van der Waals surface area contributed by atoms with E-state index in [1.807, 2.05) is 42.5 Å². The molecule has 0 atom stereocenters. The van der Waals surface area contributed by atoms with E-state index in [1.165, 1.54) is 12.1 Å². The molecule has 0 bridgehead atoms. The van der Waals surface area contributed by atoms with Crippen molar-refractivity contribution < 1.29 is 9.13 Å². The first-order chi connectivity index (χ1) is 10.3. The van der Waals surface area contributed by atoms with Crippen molar-refractivity contribution in [1.82, 2.24) is 4.98 Å². The molecule has 1 aromatic heterocycles. The molecule has 3 rings (SSSR count). The normalized spacial score (nSPS) is 10.4. The predicted octanol–water partition coefficient (Wildman–Crippen LogP) is 4.56. The standard InChI is InChI=1S/C18H14FNO/c1-21-17-8-5-13(6-9-17)18-10-7-15(12-20-18)14-3-2-4-16(19)11-14/h2-12H,1H3. The topological polar surface area (TPSA) is 22.1 Å². The van der Waals surface area contributed by atoms with Crippen molar-refractivity contribution >= 4 is 0 Å². The summed E-state index contributed by atoms with van der Waals surface area (Å²) in [6.45, 7) is 0. The van der Waals surface area contributed by atoms with Crippen LogP contribution in [0.25, 0.3) is 22.4 Å². The van der Waals surface area contributed by atoms with Crippen LogP contribution in [0.5, 0.6) is 5.75 Å². The monoisotopic (exact) mass is 279 g/mol. The number of rotatable bonds is 3. The molecular formula is C18H14FNO. The number of ether oxygens (including phenoxy) is 1. The van der Waals surface area contributed by atoms with Crippen LogP contribution in [0.3, 0.4) is 0 Å². The Balaban J connectivity index is 1.89. The maximum absolute atomic E-state index is 13.2. The third-order valence-electron chi connectivity index (χ3n) is 3.31. The summed E-state index contributed by atoms with van der Waals surface area (Å²) in [5.74, 6) is 0.571. The molecule has 3 aromatic rings. The molecule has 21 heavy (non-hydrogen) atoms. The van der Waals surface area contributed by atoms with E-state index in [4.69, 9.17) is 4.74 Å². The molecule has 0 unspecified atom stereocenters. The molecule has 0 fully saturated rings. The molecule has 2 nitrogen and oxygen atoms in total. The zero-order valence-corrected chi connectivity index (χ0v) is 11.6. The van der Waals surface area contributed by atoms with E-state index >= 15 is 0 Å². The SMILES string of the molecule is COc1ccc(-c2ccc(-c3cccc(F)c3)cn2)cc1. The Morgan fingerprint density at radius 3 is 2.24 bits per heavy atom. The molecule has 0 aliphatic heterocycles. The summed E-state index contributed by atoms with van der Waals surface area (Å²) in [5, 5.41) is 0. The second-order valence-corrected chi connectivity index (χ2v) is 4.67. The average molecular weight is 279 g/mol. The third kappa shape index (κ3) is 2.92. The number of nitrogens with zero attached hydrogens (tertiary/aromatic N) is 1. The van der Waals surface area contributed by atoms with Gasteiger partial charge in [-0.2, -0.15) is 0 Å². The average Bonchev–Trinajstić information content (AvgIpc) is 2.55. The van der Waals surface area contributed by atoms with Crippen molar-refractivity contribution in [3.63, 3.8) is 0 Å². The molecule has 3 heteroatoms. The lowest BCUT2D eigenvalue weighted by molar-refractivity contribution is 0.415. The Hall–Kier alpha value is -2.68. The van der Waals surface area contributed by atoms with Crippen molar-refractivity contribution in [3.8, 4) is 28.1 Å². The minimum absolute atomic E-state index is 0.244. The first-order valence-electron chi connectivity index (χ1n) is 6.63. The fourth-order valence-electron chi connectivity index (χ4n) is 2.17. The van der Waals surface area contributed by atoms with Crippen molar-refractivity contribution in [3.05, 3.63) is 72.7 Å². The van der Waals surface area contributed by atoms with Gasteiger partial charge in [0.1, 0.15) is 11.6 Å². The van der Waals surface area contributed by atoms with Crippen LogP contribution in [0, 0.1) is 5.82 Å². The molecule has 0 radical (unpaired) electrons. The Labute approximate surface area is 122 Å². The Morgan fingerprint density at radius 1 is 0.857 bits per heavy atom. The smallest absolute Gasteiger partial charge is 0.123 e. The van der Waals surface area contributed by atoms with Gasteiger partial charge >= 0.3 is 0 Å². The molecule has 0 saturated carbocycles. The molecule has 0 saturated heterocycles. The number of hydrogen-bond acceptors (Lipinski definition) is 2. The van der Waals surface area contributed by atoms with Crippen LogP contribution < -0.4 is 4.74 Å². The number of methoxy groups -OCH3 is 1. The molecular weight excluding hydrogens is 265 g/mol. The van der Waals surface area contributed by atoms with Gasteiger partial charge in [0.15, 0.2) is 0 Å². The van der Waals surface area contributed by atoms with Gasteiger partial charge in [-0.25, -0.2) is 4.39 Å². The molecule has 1 heterocycles. The van der Waals surface area contributed by atoms with Gasteiger partial charge in [0.2, 0.25) is 0 Å². The van der Waals surface area contributed by atoms with Gasteiger partial charge in [-0.15, -0.1) is 0 Å². The van der Waals surface area contributed by atoms with Crippen LogP contribution in [0.2, 0.25) is 0 Å². The third-order valence-corrected chi connectivity index (χ3v) is 3.31. The van der Waals surface area contributed by atoms with Crippen LogP contribution in [0.15, 0.2) is 66.9 Å². The zero-order chi connectivity index (χ0) is 14.7. The van der Waals surface area contributed by atoms with Gasteiger partial charge in [-0.1, -0.05) is 18.2 Å². The zero-order valence-electron chi connectivity index (χ0n) is 11.6. The lowest BCUT2D eigenvalue weighted by Gasteiger charge is -2.05. The van der Waals surface area contributed by atoms with Gasteiger partial charge in [0.25, 0.3) is 0 Å². The molecule has 0 amide bonds. The first kappa shape index (κ1) is 13.3. The van der Waals surface area contributed by atoms with E-state index in [-0.39, 0.29) is 5.82 Å². The number of aromatic nitrogens is 1. The highest BCUT2D eigenvalue weighted by Crippen LogP contribution is 2.24. The van der Waals surface area contributed by atoms with Crippen molar-refractivity contribution in [1.29, 1.82) is 0 Å². The van der Waals surface area contributed by atoms with Crippen LogP contribution in [0.4, 0.5) is 4.39 Å². The Kier molecular flexibility index (Phi) is 3.65. The second-order valence-electron chi connectivity index (χ2n) is 4.67. The molecule has 0 spiro atoms. The number of pyridine rings is 1. The van der Waals surface area contributed by atoms with Crippen molar-refractivity contribution in [2.75, 3.05) is 7.11 Å². The molecule has 2 aromatic carbocycles. The Bertz CT molecular complexity index is 736. The fraction of sp³-hybridized carbons (Fsp3) is 0.0556. The molecule has 0 N–H and O–H groups in total. The summed E-state index contributed by atoms with van der Waals surface area (Å²) in [4.78, 5) is 4.45. The van der Waals surface area contributed by atoms with Crippen LogP contribution in [-0.2, 0) is 0 Å².